The number of nitrogens with one attached hydrogen (secondary N) is 1. The minimum absolute atomic E-state index is 0.0386. The summed E-state index contributed by atoms with van der Waals surface area (Å²) in [7, 11) is 0. The van der Waals surface area contributed by atoms with Crippen molar-refractivity contribution in [2.45, 2.75) is 31.9 Å². The Morgan fingerprint density at radius 2 is 2.33 bits per heavy atom. The summed E-state index contributed by atoms with van der Waals surface area (Å²) < 4.78 is 5.53. The summed E-state index contributed by atoms with van der Waals surface area (Å²) in [6.07, 6.45) is 0.883. The molecule has 0 bridgehead atoms. The van der Waals surface area contributed by atoms with Crippen molar-refractivity contribution in [2.24, 2.45) is 0 Å². The molecule has 98 valence electrons. The number of rotatable bonds is 3. The molecule has 1 saturated heterocycles. The third kappa shape index (κ3) is 2.26. The molecule has 4 N–H and O–H groups in total. The minimum Gasteiger partial charge on any atom is -0.478 e. The number of aromatic carboxylic acids is 1. The van der Waals surface area contributed by atoms with Gasteiger partial charge < -0.3 is 20.9 Å². The molecule has 0 spiro atoms. The molecular weight excluding hydrogens is 232 g/mol. The molecule has 1 aromatic carbocycles. The lowest BCUT2D eigenvalue weighted by Crippen LogP contribution is -2.41. The van der Waals surface area contributed by atoms with Crippen molar-refractivity contribution in [3.63, 3.8) is 0 Å². The van der Waals surface area contributed by atoms with E-state index in [1.54, 1.807) is 12.1 Å². The van der Waals surface area contributed by atoms with E-state index in [-0.39, 0.29) is 17.2 Å². The van der Waals surface area contributed by atoms with Gasteiger partial charge in [-0.25, -0.2) is 4.79 Å². The van der Waals surface area contributed by atoms with E-state index >= 15 is 0 Å². The maximum atomic E-state index is 11.2. The van der Waals surface area contributed by atoms with E-state index in [1.807, 2.05) is 13.8 Å². The van der Waals surface area contributed by atoms with Crippen molar-refractivity contribution < 1.29 is 14.6 Å². The van der Waals surface area contributed by atoms with Gasteiger partial charge >= 0.3 is 5.97 Å². The van der Waals surface area contributed by atoms with Gasteiger partial charge in [0.25, 0.3) is 0 Å². The Kier molecular flexibility index (Phi) is 3.17. The van der Waals surface area contributed by atoms with Crippen LogP contribution in [0.3, 0.4) is 0 Å². The molecule has 1 aliphatic heterocycles. The minimum atomic E-state index is -0.986. The van der Waals surface area contributed by atoms with Crippen LogP contribution in [0.2, 0.25) is 0 Å². The molecular formula is C13H18N2O3. The molecule has 0 amide bonds. The first-order valence-corrected chi connectivity index (χ1v) is 5.95. The first-order valence-electron chi connectivity index (χ1n) is 5.95. The smallest absolute Gasteiger partial charge is 0.337 e. The number of hydrogen-bond donors (Lipinski definition) is 3. The highest BCUT2D eigenvalue weighted by atomic mass is 16.5. The third-order valence-corrected chi connectivity index (χ3v) is 3.58. The van der Waals surface area contributed by atoms with Crippen molar-refractivity contribution in [3.8, 4) is 0 Å². The quantitative estimate of drug-likeness (QED) is 0.714. The molecule has 2 unspecified atom stereocenters. The van der Waals surface area contributed by atoms with Gasteiger partial charge in [0.2, 0.25) is 0 Å². The first kappa shape index (κ1) is 12.7. The second-order valence-corrected chi connectivity index (χ2v) is 4.92. The standard InChI is InChI=1S/C13H18N2O3/c1-8-13(2,5-6-18-8)15-11-4-3-9(14)7-10(11)12(16)17/h3-4,7-8,15H,5-6,14H2,1-2H3,(H,16,17). The van der Waals surface area contributed by atoms with Crippen LogP contribution in [0.25, 0.3) is 0 Å². The van der Waals surface area contributed by atoms with Gasteiger partial charge in [-0.05, 0) is 38.5 Å². The molecule has 1 fully saturated rings. The molecule has 1 aliphatic rings. The van der Waals surface area contributed by atoms with Gasteiger partial charge in [-0.15, -0.1) is 0 Å². The predicted molar refractivity (Wildman–Crippen MR) is 69.9 cm³/mol. The lowest BCUT2D eigenvalue weighted by Gasteiger charge is -2.30. The number of nitrogens with two attached hydrogens (primary N) is 1. The fourth-order valence-electron chi connectivity index (χ4n) is 2.15. The van der Waals surface area contributed by atoms with Gasteiger partial charge in [0.15, 0.2) is 0 Å². The van der Waals surface area contributed by atoms with Crippen LogP contribution >= 0.6 is 0 Å². The van der Waals surface area contributed by atoms with Crippen molar-refractivity contribution >= 4 is 17.3 Å². The van der Waals surface area contributed by atoms with E-state index in [0.717, 1.165) is 6.42 Å². The Hall–Kier alpha value is -1.75. The van der Waals surface area contributed by atoms with Crippen molar-refractivity contribution in [1.82, 2.24) is 0 Å². The van der Waals surface area contributed by atoms with E-state index in [9.17, 15) is 9.90 Å². The monoisotopic (exact) mass is 250 g/mol. The number of carboxylic acid groups (broad SMARTS) is 1. The van der Waals surface area contributed by atoms with Crippen LogP contribution in [0.4, 0.5) is 11.4 Å². The van der Waals surface area contributed by atoms with Gasteiger partial charge in [0.05, 0.1) is 17.2 Å². The number of carboxylic acids is 1. The Bertz CT molecular complexity index is 475. The Morgan fingerprint density at radius 1 is 1.61 bits per heavy atom. The van der Waals surface area contributed by atoms with Crippen LogP contribution in [0.5, 0.6) is 0 Å². The number of anilines is 2. The summed E-state index contributed by atoms with van der Waals surface area (Å²) >= 11 is 0. The van der Waals surface area contributed by atoms with Gasteiger partial charge in [-0.1, -0.05) is 0 Å². The topological polar surface area (TPSA) is 84.6 Å². The maximum absolute atomic E-state index is 11.2. The zero-order valence-corrected chi connectivity index (χ0v) is 10.6. The molecule has 2 atom stereocenters. The molecule has 5 heteroatoms. The highest BCUT2D eigenvalue weighted by molar-refractivity contribution is 5.95. The molecule has 1 heterocycles. The Morgan fingerprint density at radius 3 is 2.89 bits per heavy atom. The van der Waals surface area contributed by atoms with Crippen molar-refractivity contribution in [3.05, 3.63) is 23.8 Å². The maximum Gasteiger partial charge on any atom is 0.337 e. The van der Waals surface area contributed by atoms with Crippen LogP contribution < -0.4 is 11.1 Å². The van der Waals surface area contributed by atoms with Crippen LogP contribution in [-0.2, 0) is 4.74 Å². The van der Waals surface area contributed by atoms with Gasteiger partial charge in [-0.3, -0.25) is 0 Å². The van der Waals surface area contributed by atoms with Gasteiger partial charge in [0, 0.05) is 18.0 Å². The lowest BCUT2D eigenvalue weighted by atomic mass is 9.93. The number of benzene rings is 1. The van der Waals surface area contributed by atoms with Gasteiger partial charge in [0.1, 0.15) is 0 Å². The molecule has 0 saturated carbocycles. The highest BCUT2D eigenvalue weighted by Crippen LogP contribution is 2.31. The fraction of sp³-hybridized carbons (Fsp3) is 0.462. The summed E-state index contributed by atoms with van der Waals surface area (Å²) in [5.41, 5.74) is 6.58. The van der Waals surface area contributed by atoms with Crippen molar-refractivity contribution in [2.75, 3.05) is 17.7 Å². The van der Waals surface area contributed by atoms with E-state index < -0.39 is 5.97 Å². The third-order valence-electron chi connectivity index (χ3n) is 3.58. The van der Waals surface area contributed by atoms with Crippen LogP contribution in [-0.4, -0.2) is 29.3 Å². The summed E-state index contributed by atoms with van der Waals surface area (Å²) in [6, 6.07) is 4.86. The summed E-state index contributed by atoms with van der Waals surface area (Å²) in [5, 5.41) is 12.5. The molecule has 2 rings (SSSR count). The Balaban J connectivity index is 2.31. The van der Waals surface area contributed by atoms with E-state index in [0.29, 0.717) is 18.0 Å². The first-order chi connectivity index (χ1) is 8.42. The molecule has 0 radical (unpaired) electrons. The number of hydrogen-bond acceptors (Lipinski definition) is 4. The molecule has 0 aromatic heterocycles. The summed E-state index contributed by atoms with van der Waals surface area (Å²) in [6.45, 7) is 4.70. The largest absolute Gasteiger partial charge is 0.478 e. The number of ether oxygens (including phenoxy) is 1. The normalized spacial score (nSPS) is 27.1. The zero-order chi connectivity index (χ0) is 13.3. The highest BCUT2D eigenvalue weighted by Gasteiger charge is 2.37. The Labute approximate surface area is 106 Å². The average Bonchev–Trinajstić information content (AvgIpc) is 2.61. The SMILES string of the molecule is CC1OCCC1(C)Nc1ccc(N)cc1C(=O)O. The lowest BCUT2D eigenvalue weighted by molar-refractivity contribution is 0.0697. The predicted octanol–water partition coefficient (Wildman–Crippen LogP) is 1.95. The van der Waals surface area contributed by atoms with E-state index in [1.165, 1.54) is 6.07 Å². The fourth-order valence-corrected chi connectivity index (χ4v) is 2.15. The zero-order valence-electron chi connectivity index (χ0n) is 10.6. The second-order valence-electron chi connectivity index (χ2n) is 4.92. The van der Waals surface area contributed by atoms with Crippen LogP contribution in [0, 0.1) is 0 Å². The van der Waals surface area contributed by atoms with E-state index in [2.05, 4.69) is 5.32 Å². The number of nitrogen functional groups attached to an aromatic ring is 1. The molecule has 5 nitrogen and oxygen atoms in total. The molecule has 0 aliphatic carbocycles. The van der Waals surface area contributed by atoms with Crippen molar-refractivity contribution in [1.29, 1.82) is 0 Å². The van der Waals surface area contributed by atoms with Crippen LogP contribution in [0.15, 0.2) is 18.2 Å². The second kappa shape index (κ2) is 4.49. The molecule has 1 aromatic rings. The van der Waals surface area contributed by atoms with Gasteiger partial charge in [-0.2, -0.15) is 0 Å². The molecule has 18 heavy (non-hydrogen) atoms. The average molecular weight is 250 g/mol. The summed E-state index contributed by atoms with van der Waals surface area (Å²) in [4.78, 5) is 11.2. The van der Waals surface area contributed by atoms with Crippen LogP contribution in [0.1, 0.15) is 30.6 Å². The number of carbonyl (C=O) groups is 1. The summed E-state index contributed by atoms with van der Waals surface area (Å²) in [5.74, 6) is -0.986. The van der Waals surface area contributed by atoms with E-state index in [4.69, 9.17) is 10.5 Å².